The van der Waals surface area contributed by atoms with Gasteiger partial charge in [0, 0.05) is 37.8 Å². The average molecular weight is 448 g/mol. The second-order valence-electron chi connectivity index (χ2n) is 7.06. The molecule has 0 unspecified atom stereocenters. The number of pyridine rings is 1. The molecule has 3 aromatic rings. The molecule has 4 rings (SSSR count). The van der Waals surface area contributed by atoms with Gasteiger partial charge in [-0.25, -0.2) is 4.98 Å². The smallest absolute Gasteiger partial charge is 0.405 e. The highest BCUT2D eigenvalue weighted by Crippen LogP contribution is 2.32. The fraction of sp³-hybridized carbons (Fsp3) is 0.286. The Labute approximate surface area is 180 Å². The van der Waals surface area contributed by atoms with Gasteiger partial charge in [0.15, 0.2) is 5.16 Å². The summed E-state index contributed by atoms with van der Waals surface area (Å²) in [5.41, 5.74) is 2.93. The van der Waals surface area contributed by atoms with Gasteiger partial charge in [0.2, 0.25) is 0 Å². The normalized spacial score (nSPS) is 14.3. The molecule has 0 fully saturated rings. The van der Waals surface area contributed by atoms with Crippen molar-refractivity contribution in [2.24, 2.45) is 0 Å². The molecule has 3 heterocycles. The summed E-state index contributed by atoms with van der Waals surface area (Å²) in [4.78, 5) is 26.1. The summed E-state index contributed by atoms with van der Waals surface area (Å²) in [5, 5.41) is 0.617. The molecule has 10 heteroatoms. The first-order valence-corrected chi connectivity index (χ1v) is 10.7. The molecular formula is C21H19F3N4O2S. The first-order valence-electron chi connectivity index (χ1n) is 9.51. The number of fused-ring (bicyclic) bond motifs is 1. The van der Waals surface area contributed by atoms with Crippen molar-refractivity contribution < 1.29 is 17.9 Å². The zero-order valence-corrected chi connectivity index (χ0v) is 17.4. The van der Waals surface area contributed by atoms with Crippen molar-refractivity contribution in [3.8, 4) is 17.0 Å². The number of benzene rings is 1. The molecule has 31 heavy (non-hydrogen) atoms. The molecule has 0 saturated carbocycles. The molecule has 0 aliphatic carbocycles. The standard InChI is InChI=1S/C21H19F3N4O2S/c1-31-20-26-17-8-9-28(12-15(17)19(29)27-20)11-13-6-7-16(25-10-13)14-4-2-3-5-18(14)30-21(22,23)24/h2-7,10H,8-9,11-12H2,1H3,(H,26,27,29). The highest BCUT2D eigenvalue weighted by atomic mass is 32.2. The van der Waals surface area contributed by atoms with E-state index >= 15 is 0 Å². The third-order valence-corrected chi connectivity index (χ3v) is 5.52. The lowest BCUT2D eigenvalue weighted by Crippen LogP contribution is -2.35. The lowest BCUT2D eigenvalue weighted by atomic mass is 10.1. The minimum Gasteiger partial charge on any atom is -0.405 e. The van der Waals surface area contributed by atoms with Gasteiger partial charge >= 0.3 is 6.36 Å². The van der Waals surface area contributed by atoms with Crippen LogP contribution < -0.4 is 10.3 Å². The van der Waals surface area contributed by atoms with Crippen molar-refractivity contribution in [1.29, 1.82) is 0 Å². The molecule has 6 nitrogen and oxygen atoms in total. The number of nitrogens with one attached hydrogen (secondary N) is 1. The molecule has 1 aliphatic rings. The number of H-pyrrole nitrogens is 1. The summed E-state index contributed by atoms with van der Waals surface area (Å²) >= 11 is 1.40. The number of aromatic nitrogens is 3. The Bertz CT molecular complexity index is 1130. The maximum Gasteiger partial charge on any atom is 0.573 e. The minimum atomic E-state index is -4.77. The van der Waals surface area contributed by atoms with Crippen molar-refractivity contribution >= 4 is 11.8 Å². The van der Waals surface area contributed by atoms with Crippen LogP contribution in [0.4, 0.5) is 13.2 Å². The van der Waals surface area contributed by atoms with Gasteiger partial charge in [-0.1, -0.05) is 30.0 Å². The van der Waals surface area contributed by atoms with Crippen LogP contribution in [0.2, 0.25) is 0 Å². The summed E-state index contributed by atoms with van der Waals surface area (Å²) in [6.07, 6.45) is -0.594. The van der Waals surface area contributed by atoms with E-state index in [9.17, 15) is 18.0 Å². The van der Waals surface area contributed by atoms with Crippen molar-refractivity contribution in [3.05, 3.63) is 69.8 Å². The van der Waals surface area contributed by atoms with Crippen LogP contribution in [0.3, 0.4) is 0 Å². The van der Waals surface area contributed by atoms with Crippen LogP contribution in [0.5, 0.6) is 5.75 Å². The molecule has 1 aromatic carbocycles. The Kier molecular flexibility index (Phi) is 6.01. The molecule has 0 atom stereocenters. The number of ether oxygens (including phenoxy) is 1. The number of alkyl halides is 3. The average Bonchev–Trinajstić information content (AvgIpc) is 2.74. The van der Waals surface area contributed by atoms with E-state index in [0.29, 0.717) is 35.9 Å². The molecule has 1 aliphatic heterocycles. The van der Waals surface area contributed by atoms with Gasteiger partial charge in [0.05, 0.1) is 17.0 Å². The zero-order chi connectivity index (χ0) is 22.0. The molecule has 162 valence electrons. The Balaban J connectivity index is 1.49. The molecule has 2 aromatic heterocycles. The molecular weight excluding hydrogens is 429 g/mol. The van der Waals surface area contributed by atoms with Crippen LogP contribution in [0.1, 0.15) is 16.8 Å². The Morgan fingerprint density at radius 3 is 2.74 bits per heavy atom. The van der Waals surface area contributed by atoms with Crippen LogP contribution in [0.25, 0.3) is 11.3 Å². The van der Waals surface area contributed by atoms with E-state index in [0.717, 1.165) is 17.8 Å². The second kappa shape index (κ2) is 8.72. The van der Waals surface area contributed by atoms with E-state index < -0.39 is 6.36 Å². The highest BCUT2D eigenvalue weighted by Gasteiger charge is 2.32. The van der Waals surface area contributed by atoms with Gasteiger partial charge in [-0.05, 0) is 30.0 Å². The molecule has 1 N–H and O–H groups in total. The van der Waals surface area contributed by atoms with Gasteiger partial charge in [0.25, 0.3) is 5.56 Å². The number of thioether (sulfide) groups is 1. The van der Waals surface area contributed by atoms with Gasteiger partial charge in [-0.2, -0.15) is 0 Å². The Hall–Kier alpha value is -2.85. The fourth-order valence-corrected chi connectivity index (χ4v) is 3.91. The SMILES string of the molecule is CSc1nc2c(c(=O)[nH]1)CN(Cc1ccc(-c3ccccc3OC(F)(F)F)nc1)CC2. The fourth-order valence-electron chi connectivity index (χ4n) is 3.52. The molecule has 0 radical (unpaired) electrons. The van der Waals surface area contributed by atoms with Crippen molar-refractivity contribution in [3.63, 3.8) is 0 Å². The van der Waals surface area contributed by atoms with E-state index in [1.54, 1.807) is 18.3 Å². The number of halogens is 3. The topological polar surface area (TPSA) is 71.1 Å². The molecule has 0 saturated heterocycles. The third-order valence-electron chi connectivity index (χ3n) is 4.94. The van der Waals surface area contributed by atoms with Crippen LogP contribution in [0, 0.1) is 0 Å². The third kappa shape index (κ3) is 5.08. The van der Waals surface area contributed by atoms with Crippen LogP contribution in [-0.2, 0) is 19.5 Å². The number of para-hydroxylation sites is 1. The van der Waals surface area contributed by atoms with Crippen LogP contribution >= 0.6 is 11.8 Å². The second-order valence-corrected chi connectivity index (χ2v) is 7.85. The predicted molar refractivity (Wildman–Crippen MR) is 111 cm³/mol. The number of nitrogens with zero attached hydrogens (tertiary/aromatic N) is 3. The summed E-state index contributed by atoms with van der Waals surface area (Å²) in [6.45, 7) is 1.80. The summed E-state index contributed by atoms with van der Waals surface area (Å²) in [7, 11) is 0. The monoisotopic (exact) mass is 448 g/mol. The maximum atomic E-state index is 12.7. The van der Waals surface area contributed by atoms with Gasteiger partial charge < -0.3 is 9.72 Å². The van der Waals surface area contributed by atoms with E-state index in [1.807, 2.05) is 12.3 Å². The van der Waals surface area contributed by atoms with Crippen molar-refractivity contribution in [2.45, 2.75) is 31.0 Å². The Morgan fingerprint density at radius 2 is 2.03 bits per heavy atom. The predicted octanol–water partition coefficient (Wildman–Crippen LogP) is 4.01. The number of rotatable bonds is 5. The zero-order valence-electron chi connectivity index (χ0n) is 16.6. The highest BCUT2D eigenvalue weighted by molar-refractivity contribution is 7.98. The minimum absolute atomic E-state index is 0.117. The molecule has 0 bridgehead atoms. The summed E-state index contributed by atoms with van der Waals surface area (Å²) < 4.78 is 42.1. The van der Waals surface area contributed by atoms with Crippen molar-refractivity contribution in [1.82, 2.24) is 19.9 Å². The molecule has 0 spiro atoms. The van der Waals surface area contributed by atoms with Crippen LogP contribution in [0.15, 0.2) is 52.5 Å². The quantitative estimate of drug-likeness (QED) is 0.470. The maximum absolute atomic E-state index is 12.7. The molecule has 0 amide bonds. The number of aromatic amines is 1. The van der Waals surface area contributed by atoms with Gasteiger partial charge in [-0.15, -0.1) is 13.2 Å². The first kappa shape index (κ1) is 21.4. The largest absolute Gasteiger partial charge is 0.573 e. The summed E-state index contributed by atoms with van der Waals surface area (Å²) in [5.74, 6) is -0.292. The van der Waals surface area contributed by atoms with Gasteiger partial charge in [0.1, 0.15) is 5.75 Å². The van der Waals surface area contributed by atoms with E-state index in [4.69, 9.17) is 0 Å². The van der Waals surface area contributed by atoms with E-state index in [1.165, 1.54) is 30.0 Å². The lowest BCUT2D eigenvalue weighted by Gasteiger charge is -2.27. The lowest BCUT2D eigenvalue weighted by molar-refractivity contribution is -0.274. The Morgan fingerprint density at radius 1 is 1.23 bits per heavy atom. The summed E-state index contributed by atoms with van der Waals surface area (Å²) in [6, 6.07) is 9.40. The van der Waals surface area contributed by atoms with Crippen molar-refractivity contribution in [2.75, 3.05) is 12.8 Å². The van der Waals surface area contributed by atoms with E-state index in [2.05, 4.69) is 24.6 Å². The number of hydrogen-bond acceptors (Lipinski definition) is 6. The van der Waals surface area contributed by atoms with E-state index in [-0.39, 0.29) is 16.9 Å². The first-order chi connectivity index (χ1) is 14.8. The van der Waals surface area contributed by atoms with Crippen LogP contribution in [-0.4, -0.2) is 39.0 Å². The number of hydrogen-bond donors (Lipinski definition) is 1. The van der Waals surface area contributed by atoms with Gasteiger partial charge in [-0.3, -0.25) is 14.7 Å².